The largest absolute Gasteiger partial charge is 0.462 e. The molecule has 3 rings (SSSR count). The minimum absolute atomic E-state index is 0.173. The number of nitrogens with zero attached hydrogens (tertiary/aromatic N) is 1. The molecule has 0 spiro atoms. The maximum Gasteiger partial charge on any atom is 0.341 e. The van der Waals surface area contributed by atoms with Crippen LogP contribution in [-0.2, 0) is 14.3 Å². The fraction of sp³-hybridized carbons (Fsp3) is 0.143. The second-order valence-corrected chi connectivity index (χ2v) is 7.21. The number of halogens is 1. The van der Waals surface area contributed by atoms with E-state index in [2.05, 4.69) is 10.3 Å². The first-order chi connectivity index (χ1) is 14.5. The van der Waals surface area contributed by atoms with Crippen LogP contribution < -0.4 is 5.32 Å². The number of rotatable bonds is 7. The molecule has 0 atom stereocenters. The van der Waals surface area contributed by atoms with Gasteiger partial charge in [0.2, 0.25) is 0 Å². The summed E-state index contributed by atoms with van der Waals surface area (Å²) < 4.78 is 10.1. The predicted molar refractivity (Wildman–Crippen MR) is 114 cm³/mol. The summed E-state index contributed by atoms with van der Waals surface area (Å²) in [5, 5.41) is 5.07. The van der Waals surface area contributed by atoms with Crippen molar-refractivity contribution in [3.63, 3.8) is 0 Å². The summed E-state index contributed by atoms with van der Waals surface area (Å²) in [4.78, 5) is 40.7. The first-order valence-electron chi connectivity index (χ1n) is 8.91. The quantitative estimate of drug-likeness (QED) is 0.541. The molecule has 0 saturated carbocycles. The van der Waals surface area contributed by atoms with Gasteiger partial charge >= 0.3 is 11.9 Å². The van der Waals surface area contributed by atoms with E-state index in [0.717, 1.165) is 11.3 Å². The van der Waals surface area contributed by atoms with E-state index >= 15 is 0 Å². The molecule has 154 valence electrons. The summed E-state index contributed by atoms with van der Waals surface area (Å²) in [6.07, 6.45) is 2.86. The SMILES string of the molecule is CCOC(=O)c1c(-c2ccccc2Cl)csc1NC(=O)COC(=O)c1cccnc1. The Bertz CT molecular complexity index is 1070. The molecular formula is C21H17ClN2O5S. The van der Waals surface area contributed by atoms with Crippen molar-refractivity contribution in [2.75, 3.05) is 18.5 Å². The van der Waals surface area contributed by atoms with Crippen LogP contribution in [0.1, 0.15) is 27.6 Å². The molecule has 1 amide bonds. The van der Waals surface area contributed by atoms with Crippen molar-refractivity contribution in [2.24, 2.45) is 0 Å². The van der Waals surface area contributed by atoms with Crippen molar-refractivity contribution >= 4 is 45.8 Å². The maximum atomic E-state index is 12.6. The highest BCUT2D eigenvalue weighted by Crippen LogP contribution is 2.39. The number of aromatic nitrogens is 1. The fourth-order valence-corrected chi connectivity index (χ4v) is 3.80. The molecule has 0 aliphatic carbocycles. The zero-order valence-electron chi connectivity index (χ0n) is 15.9. The Balaban J connectivity index is 1.78. The van der Waals surface area contributed by atoms with Crippen LogP contribution in [0.5, 0.6) is 0 Å². The lowest BCUT2D eigenvalue weighted by molar-refractivity contribution is -0.119. The highest BCUT2D eigenvalue weighted by atomic mass is 35.5. The number of nitrogens with one attached hydrogen (secondary N) is 1. The summed E-state index contributed by atoms with van der Waals surface area (Å²) in [6.45, 7) is 1.34. The van der Waals surface area contributed by atoms with Gasteiger partial charge in [-0.3, -0.25) is 9.78 Å². The molecule has 30 heavy (non-hydrogen) atoms. The average Bonchev–Trinajstić information content (AvgIpc) is 3.16. The van der Waals surface area contributed by atoms with Crippen LogP contribution in [0.25, 0.3) is 11.1 Å². The Morgan fingerprint density at radius 1 is 1.07 bits per heavy atom. The molecule has 0 unspecified atom stereocenters. The molecule has 1 N–H and O–H groups in total. The standard InChI is InChI=1S/C21H17ClN2O5S/c1-2-28-21(27)18-15(14-7-3-4-8-16(14)22)12-30-19(18)24-17(25)11-29-20(26)13-6-5-9-23-10-13/h3-10,12H,2,11H2,1H3,(H,24,25). The van der Waals surface area contributed by atoms with Crippen LogP contribution in [-0.4, -0.2) is 36.0 Å². The smallest absolute Gasteiger partial charge is 0.341 e. The Labute approximate surface area is 181 Å². The summed E-state index contributed by atoms with van der Waals surface area (Å²) in [5.41, 5.74) is 1.62. The number of thiophene rings is 1. The van der Waals surface area contributed by atoms with Crippen LogP contribution in [0.15, 0.2) is 54.2 Å². The van der Waals surface area contributed by atoms with Crippen molar-refractivity contribution < 1.29 is 23.9 Å². The van der Waals surface area contributed by atoms with E-state index < -0.39 is 24.5 Å². The third-order valence-corrected chi connectivity index (χ3v) is 5.14. The number of ether oxygens (including phenoxy) is 2. The normalized spacial score (nSPS) is 10.3. The second-order valence-electron chi connectivity index (χ2n) is 5.92. The Morgan fingerprint density at radius 3 is 2.57 bits per heavy atom. The van der Waals surface area contributed by atoms with Crippen molar-refractivity contribution in [1.29, 1.82) is 0 Å². The van der Waals surface area contributed by atoms with Gasteiger partial charge in [-0.1, -0.05) is 29.8 Å². The first kappa shape index (κ1) is 21.5. The van der Waals surface area contributed by atoms with Crippen LogP contribution in [0.4, 0.5) is 5.00 Å². The minimum Gasteiger partial charge on any atom is -0.462 e. The topological polar surface area (TPSA) is 94.6 Å². The molecule has 0 fully saturated rings. The van der Waals surface area contributed by atoms with Crippen molar-refractivity contribution in [2.45, 2.75) is 6.92 Å². The predicted octanol–water partition coefficient (Wildman–Crippen LogP) is 4.44. The van der Waals surface area contributed by atoms with Gasteiger partial charge in [0.15, 0.2) is 6.61 Å². The second kappa shape index (κ2) is 10.00. The summed E-state index contributed by atoms with van der Waals surface area (Å²) >= 11 is 7.42. The number of anilines is 1. The molecular weight excluding hydrogens is 428 g/mol. The van der Waals surface area contributed by atoms with E-state index in [0.29, 0.717) is 16.1 Å². The summed E-state index contributed by atoms with van der Waals surface area (Å²) in [5.74, 6) is -1.85. The van der Waals surface area contributed by atoms with Crippen LogP contribution in [0, 0.1) is 0 Å². The van der Waals surface area contributed by atoms with Gasteiger partial charge < -0.3 is 14.8 Å². The van der Waals surface area contributed by atoms with E-state index in [-0.39, 0.29) is 22.7 Å². The molecule has 1 aromatic carbocycles. The Kier molecular flexibility index (Phi) is 7.16. The van der Waals surface area contributed by atoms with Gasteiger partial charge in [0.05, 0.1) is 12.2 Å². The number of hydrogen-bond donors (Lipinski definition) is 1. The van der Waals surface area contributed by atoms with Crippen molar-refractivity contribution in [3.05, 3.63) is 70.3 Å². The van der Waals surface area contributed by atoms with Crippen LogP contribution in [0.3, 0.4) is 0 Å². The zero-order chi connectivity index (χ0) is 21.5. The monoisotopic (exact) mass is 444 g/mol. The van der Waals surface area contributed by atoms with Crippen molar-refractivity contribution in [1.82, 2.24) is 4.98 Å². The molecule has 2 aromatic heterocycles. The van der Waals surface area contributed by atoms with E-state index in [9.17, 15) is 14.4 Å². The van der Waals surface area contributed by atoms with Gasteiger partial charge in [0.25, 0.3) is 5.91 Å². The lowest BCUT2D eigenvalue weighted by Crippen LogP contribution is -2.21. The molecule has 0 radical (unpaired) electrons. The highest BCUT2D eigenvalue weighted by molar-refractivity contribution is 7.15. The third-order valence-electron chi connectivity index (χ3n) is 3.92. The van der Waals surface area contributed by atoms with E-state index in [1.165, 1.54) is 18.5 Å². The lowest BCUT2D eigenvalue weighted by atomic mass is 10.0. The number of hydrogen-bond acceptors (Lipinski definition) is 7. The molecule has 0 saturated heterocycles. The van der Waals surface area contributed by atoms with E-state index in [1.54, 1.807) is 42.6 Å². The van der Waals surface area contributed by atoms with Crippen LogP contribution in [0.2, 0.25) is 5.02 Å². The lowest BCUT2D eigenvalue weighted by Gasteiger charge is -2.10. The third kappa shape index (κ3) is 5.03. The number of benzene rings is 1. The van der Waals surface area contributed by atoms with Crippen molar-refractivity contribution in [3.8, 4) is 11.1 Å². The molecule has 7 nitrogen and oxygen atoms in total. The Morgan fingerprint density at radius 2 is 1.87 bits per heavy atom. The van der Waals surface area contributed by atoms with Gasteiger partial charge in [-0.15, -0.1) is 11.3 Å². The molecule has 0 aliphatic rings. The number of carbonyl (C=O) groups is 3. The molecule has 9 heteroatoms. The van der Waals surface area contributed by atoms with Gasteiger partial charge in [0, 0.05) is 33.9 Å². The minimum atomic E-state index is -0.674. The number of carbonyl (C=O) groups excluding carboxylic acids is 3. The van der Waals surface area contributed by atoms with Gasteiger partial charge in [-0.2, -0.15) is 0 Å². The van der Waals surface area contributed by atoms with E-state index in [4.69, 9.17) is 21.1 Å². The molecule has 0 aliphatic heterocycles. The average molecular weight is 445 g/mol. The highest BCUT2D eigenvalue weighted by Gasteiger charge is 2.24. The first-order valence-corrected chi connectivity index (χ1v) is 10.2. The summed E-state index contributed by atoms with van der Waals surface area (Å²) in [7, 11) is 0. The van der Waals surface area contributed by atoms with E-state index in [1.807, 2.05) is 0 Å². The number of esters is 2. The molecule has 0 bridgehead atoms. The van der Waals surface area contributed by atoms with Gasteiger partial charge in [-0.05, 0) is 25.1 Å². The van der Waals surface area contributed by atoms with Crippen LogP contribution >= 0.6 is 22.9 Å². The van der Waals surface area contributed by atoms with Gasteiger partial charge in [0.1, 0.15) is 10.6 Å². The van der Waals surface area contributed by atoms with Gasteiger partial charge in [-0.25, -0.2) is 9.59 Å². The number of amides is 1. The number of pyridine rings is 1. The fourth-order valence-electron chi connectivity index (χ4n) is 2.59. The molecule has 2 heterocycles. The molecule has 3 aromatic rings. The zero-order valence-corrected chi connectivity index (χ0v) is 17.5. The maximum absolute atomic E-state index is 12.6. The summed E-state index contributed by atoms with van der Waals surface area (Å²) in [6, 6.07) is 10.2. The Hall–Kier alpha value is -3.23.